The molecule has 1 amide bonds. The topological polar surface area (TPSA) is 55.1 Å². The third-order valence-corrected chi connectivity index (χ3v) is 3.83. The van der Waals surface area contributed by atoms with Gasteiger partial charge in [0, 0.05) is 0 Å². The van der Waals surface area contributed by atoms with E-state index in [0.29, 0.717) is 0 Å². The lowest BCUT2D eigenvalue weighted by atomic mass is 9.73. The first-order valence-corrected chi connectivity index (χ1v) is 5.78. The minimum Gasteiger partial charge on any atom is -0.368 e. The number of hydrogen-bond donors (Lipinski definition) is 2. The maximum Gasteiger partial charge on any atom is 0.237 e. The van der Waals surface area contributed by atoms with E-state index in [4.69, 9.17) is 5.73 Å². The Hall–Kier alpha value is -0.570. The average molecular weight is 196 g/mol. The smallest absolute Gasteiger partial charge is 0.237 e. The highest BCUT2D eigenvalue weighted by Gasteiger charge is 2.40. The zero-order chi connectivity index (χ0) is 10.0. The molecule has 3 heteroatoms. The molecule has 2 aliphatic rings. The minimum absolute atomic E-state index is 0.135. The Labute approximate surface area is 85.4 Å². The van der Waals surface area contributed by atoms with Crippen molar-refractivity contribution >= 4 is 5.91 Å². The third-order valence-electron chi connectivity index (χ3n) is 3.83. The Morgan fingerprint density at radius 1 is 1.36 bits per heavy atom. The van der Waals surface area contributed by atoms with Crippen molar-refractivity contribution in [3.8, 4) is 0 Å². The highest BCUT2D eigenvalue weighted by molar-refractivity contribution is 5.84. The van der Waals surface area contributed by atoms with Gasteiger partial charge in [-0.3, -0.25) is 4.79 Å². The molecule has 0 aromatic heterocycles. The van der Waals surface area contributed by atoms with Crippen LogP contribution in [0.5, 0.6) is 0 Å². The van der Waals surface area contributed by atoms with Crippen molar-refractivity contribution in [3.05, 3.63) is 0 Å². The molecular formula is C11H20N2O. The fourth-order valence-corrected chi connectivity index (χ4v) is 2.64. The normalized spacial score (nSPS) is 33.7. The van der Waals surface area contributed by atoms with Crippen LogP contribution in [0.2, 0.25) is 0 Å². The van der Waals surface area contributed by atoms with E-state index in [1.165, 1.54) is 25.7 Å². The summed E-state index contributed by atoms with van der Waals surface area (Å²) in [7, 11) is 0. The maximum atomic E-state index is 11.5. The van der Waals surface area contributed by atoms with Gasteiger partial charge in [0.05, 0.1) is 5.54 Å². The lowest BCUT2D eigenvalue weighted by Crippen LogP contribution is -2.58. The van der Waals surface area contributed by atoms with Gasteiger partial charge in [0.25, 0.3) is 0 Å². The number of amides is 1. The molecule has 0 aromatic carbocycles. The van der Waals surface area contributed by atoms with E-state index in [0.717, 1.165) is 31.7 Å². The zero-order valence-corrected chi connectivity index (χ0v) is 8.72. The number of carbonyl (C=O) groups excluding carboxylic acids is 1. The van der Waals surface area contributed by atoms with E-state index in [9.17, 15) is 4.79 Å². The first-order chi connectivity index (χ1) is 6.73. The van der Waals surface area contributed by atoms with E-state index in [2.05, 4.69) is 5.32 Å². The van der Waals surface area contributed by atoms with Crippen LogP contribution in [0, 0.1) is 5.92 Å². The summed E-state index contributed by atoms with van der Waals surface area (Å²) in [5.74, 6) is 0.609. The van der Waals surface area contributed by atoms with Gasteiger partial charge in [0.2, 0.25) is 5.91 Å². The van der Waals surface area contributed by atoms with Crippen LogP contribution in [0.15, 0.2) is 0 Å². The van der Waals surface area contributed by atoms with Crippen LogP contribution < -0.4 is 11.1 Å². The van der Waals surface area contributed by atoms with Gasteiger partial charge < -0.3 is 11.1 Å². The van der Waals surface area contributed by atoms with E-state index >= 15 is 0 Å². The summed E-state index contributed by atoms with van der Waals surface area (Å²) in [5, 5.41) is 3.36. The fourth-order valence-electron chi connectivity index (χ4n) is 2.64. The molecule has 1 saturated carbocycles. The van der Waals surface area contributed by atoms with Gasteiger partial charge >= 0.3 is 0 Å². The quantitative estimate of drug-likeness (QED) is 0.712. The molecular weight excluding hydrogens is 176 g/mol. The second-order valence-electron chi connectivity index (χ2n) is 4.83. The Bertz CT molecular complexity index is 217. The molecule has 1 unspecified atom stereocenters. The summed E-state index contributed by atoms with van der Waals surface area (Å²) < 4.78 is 0. The number of primary amides is 1. The number of carbonyl (C=O) groups is 1. The molecule has 1 heterocycles. The SMILES string of the molecule is NC(=O)C1(CC2CCC2)CCCCN1. The fraction of sp³-hybridized carbons (Fsp3) is 0.909. The Morgan fingerprint density at radius 3 is 2.57 bits per heavy atom. The lowest BCUT2D eigenvalue weighted by molar-refractivity contribution is -0.126. The van der Waals surface area contributed by atoms with Gasteiger partial charge in [-0.05, 0) is 38.1 Å². The summed E-state index contributed by atoms with van der Waals surface area (Å²) in [5.41, 5.74) is 5.17. The lowest BCUT2D eigenvalue weighted by Gasteiger charge is -2.40. The highest BCUT2D eigenvalue weighted by Crippen LogP contribution is 2.36. The van der Waals surface area contributed by atoms with Crippen LogP contribution >= 0.6 is 0 Å². The van der Waals surface area contributed by atoms with Crippen molar-refractivity contribution in [2.45, 2.75) is 50.5 Å². The van der Waals surface area contributed by atoms with Gasteiger partial charge in [-0.1, -0.05) is 19.3 Å². The first-order valence-electron chi connectivity index (χ1n) is 5.78. The molecule has 2 fully saturated rings. The molecule has 0 spiro atoms. The van der Waals surface area contributed by atoms with Crippen LogP contribution in [0.1, 0.15) is 44.9 Å². The molecule has 2 rings (SSSR count). The molecule has 1 aliphatic carbocycles. The third kappa shape index (κ3) is 1.78. The Kier molecular flexibility index (Phi) is 2.77. The number of nitrogens with two attached hydrogens (primary N) is 1. The van der Waals surface area contributed by atoms with Crippen molar-refractivity contribution in [3.63, 3.8) is 0 Å². The number of hydrogen-bond acceptors (Lipinski definition) is 2. The van der Waals surface area contributed by atoms with Crippen molar-refractivity contribution in [2.75, 3.05) is 6.54 Å². The van der Waals surface area contributed by atoms with Crippen molar-refractivity contribution in [2.24, 2.45) is 11.7 Å². The summed E-state index contributed by atoms with van der Waals surface area (Å²) in [6.07, 6.45) is 8.15. The van der Waals surface area contributed by atoms with Gasteiger partial charge in [-0.25, -0.2) is 0 Å². The van der Waals surface area contributed by atoms with Crippen LogP contribution in [-0.4, -0.2) is 18.0 Å². The number of rotatable bonds is 3. The predicted molar refractivity (Wildman–Crippen MR) is 55.7 cm³/mol. The molecule has 0 radical (unpaired) electrons. The number of piperidine rings is 1. The molecule has 1 atom stereocenters. The monoisotopic (exact) mass is 196 g/mol. The van der Waals surface area contributed by atoms with Gasteiger partial charge in [-0.15, -0.1) is 0 Å². The second-order valence-corrected chi connectivity index (χ2v) is 4.83. The molecule has 3 nitrogen and oxygen atoms in total. The molecule has 0 bridgehead atoms. The minimum atomic E-state index is -0.358. The average Bonchev–Trinajstić information content (AvgIpc) is 2.13. The number of nitrogens with one attached hydrogen (secondary N) is 1. The van der Waals surface area contributed by atoms with E-state index < -0.39 is 0 Å². The standard InChI is InChI=1S/C11H20N2O/c12-10(14)11(6-1-2-7-13-11)8-9-4-3-5-9/h9,13H,1-8H2,(H2,12,14). The maximum absolute atomic E-state index is 11.5. The van der Waals surface area contributed by atoms with Gasteiger partial charge in [-0.2, -0.15) is 0 Å². The molecule has 0 aromatic rings. The van der Waals surface area contributed by atoms with E-state index in [-0.39, 0.29) is 11.4 Å². The van der Waals surface area contributed by atoms with E-state index in [1.807, 2.05) is 0 Å². The Morgan fingerprint density at radius 2 is 2.14 bits per heavy atom. The Balaban J connectivity index is 2.00. The first kappa shape index (κ1) is 9.97. The zero-order valence-electron chi connectivity index (χ0n) is 8.72. The molecule has 80 valence electrons. The molecule has 3 N–H and O–H groups in total. The summed E-state index contributed by atoms with van der Waals surface area (Å²) >= 11 is 0. The van der Waals surface area contributed by atoms with Crippen LogP contribution in [0.25, 0.3) is 0 Å². The largest absolute Gasteiger partial charge is 0.368 e. The van der Waals surface area contributed by atoms with Gasteiger partial charge in [0.1, 0.15) is 0 Å². The summed E-state index contributed by atoms with van der Waals surface area (Å²) in [6, 6.07) is 0. The molecule has 1 saturated heterocycles. The van der Waals surface area contributed by atoms with Crippen LogP contribution in [0.3, 0.4) is 0 Å². The molecule has 14 heavy (non-hydrogen) atoms. The van der Waals surface area contributed by atoms with Crippen LogP contribution in [-0.2, 0) is 4.79 Å². The van der Waals surface area contributed by atoms with Crippen molar-refractivity contribution in [1.29, 1.82) is 0 Å². The summed E-state index contributed by atoms with van der Waals surface area (Å²) in [6.45, 7) is 0.954. The summed E-state index contributed by atoms with van der Waals surface area (Å²) in [4.78, 5) is 11.5. The molecule has 1 aliphatic heterocycles. The van der Waals surface area contributed by atoms with E-state index in [1.54, 1.807) is 0 Å². The van der Waals surface area contributed by atoms with Crippen LogP contribution in [0.4, 0.5) is 0 Å². The van der Waals surface area contributed by atoms with Crippen molar-refractivity contribution < 1.29 is 4.79 Å². The van der Waals surface area contributed by atoms with Gasteiger partial charge in [0.15, 0.2) is 0 Å². The highest BCUT2D eigenvalue weighted by atomic mass is 16.1. The second kappa shape index (κ2) is 3.89. The predicted octanol–water partition coefficient (Wildman–Crippen LogP) is 1.17. The van der Waals surface area contributed by atoms with Crippen molar-refractivity contribution in [1.82, 2.24) is 5.32 Å².